The SMILES string of the molecule is CC(CCc1ccccc1)N1CC(=O)N2C(CCc3ccccc3)c3[nH]c4ccccc4c3C[C@H]2C1=O. The fourth-order valence-corrected chi connectivity index (χ4v) is 6.20. The lowest BCUT2D eigenvalue weighted by Crippen LogP contribution is -2.64. The predicted octanol–water partition coefficient (Wildman–Crippen LogP) is 5.46. The molecule has 0 radical (unpaired) electrons. The number of H-pyrrole nitrogens is 1. The van der Waals surface area contributed by atoms with Gasteiger partial charge in [0.2, 0.25) is 11.8 Å². The summed E-state index contributed by atoms with van der Waals surface area (Å²) in [5, 5.41) is 1.16. The summed E-state index contributed by atoms with van der Waals surface area (Å²) in [5.74, 6) is 0.138. The maximum Gasteiger partial charge on any atom is 0.246 e. The van der Waals surface area contributed by atoms with Crippen LogP contribution in [0.15, 0.2) is 84.9 Å². The monoisotopic (exact) mass is 491 g/mol. The Morgan fingerprint density at radius 1 is 0.865 bits per heavy atom. The van der Waals surface area contributed by atoms with Crippen molar-refractivity contribution in [3.63, 3.8) is 0 Å². The van der Waals surface area contributed by atoms with E-state index >= 15 is 0 Å². The van der Waals surface area contributed by atoms with E-state index in [1.807, 2.05) is 46.2 Å². The summed E-state index contributed by atoms with van der Waals surface area (Å²) >= 11 is 0. The van der Waals surface area contributed by atoms with Crippen LogP contribution in [0.5, 0.6) is 0 Å². The highest BCUT2D eigenvalue weighted by molar-refractivity contribution is 5.97. The number of nitrogens with zero attached hydrogens (tertiary/aromatic N) is 2. The van der Waals surface area contributed by atoms with E-state index in [2.05, 4.69) is 60.4 Å². The molecule has 0 spiro atoms. The van der Waals surface area contributed by atoms with Gasteiger partial charge in [-0.05, 0) is 55.4 Å². The van der Waals surface area contributed by atoms with E-state index in [0.29, 0.717) is 6.42 Å². The standard InChI is InChI=1S/C32H33N3O2/c1-22(16-17-23-10-4-2-5-11-23)34-21-30(36)35-28(19-18-24-12-6-3-7-13-24)31-26(20-29(35)32(34)37)25-14-8-9-15-27(25)33-31/h2-15,22,28-29,33H,16-21H2,1H3/t22?,28?,29-/m0/s1. The number of amides is 2. The number of piperazine rings is 1. The van der Waals surface area contributed by atoms with Gasteiger partial charge in [-0.3, -0.25) is 9.59 Å². The largest absolute Gasteiger partial charge is 0.356 e. The number of rotatable bonds is 7. The highest BCUT2D eigenvalue weighted by Crippen LogP contribution is 2.41. The molecule has 4 aromatic rings. The molecule has 5 nitrogen and oxygen atoms in total. The Morgan fingerprint density at radius 2 is 1.51 bits per heavy atom. The van der Waals surface area contributed by atoms with Gasteiger partial charge in [0, 0.05) is 29.1 Å². The number of aryl methyl sites for hydroxylation is 2. The molecule has 1 N–H and O–H groups in total. The Labute approximate surface area is 218 Å². The van der Waals surface area contributed by atoms with Crippen molar-refractivity contribution in [3.8, 4) is 0 Å². The second-order valence-electron chi connectivity index (χ2n) is 10.5. The molecule has 2 aliphatic heterocycles. The summed E-state index contributed by atoms with van der Waals surface area (Å²) in [7, 11) is 0. The third-order valence-electron chi connectivity index (χ3n) is 8.19. The quantitative estimate of drug-likeness (QED) is 0.373. The van der Waals surface area contributed by atoms with Gasteiger partial charge in [0.15, 0.2) is 0 Å². The molecule has 2 amide bonds. The smallest absolute Gasteiger partial charge is 0.246 e. The maximum atomic E-state index is 14.0. The first-order chi connectivity index (χ1) is 18.1. The lowest BCUT2D eigenvalue weighted by Gasteiger charge is -2.48. The Kier molecular flexibility index (Phi) is 6.29. The van der Waals surface area contributed by atoms with E-state index in [0.717, 1.165) is 42.3 Å². The summed E-state index contributed by atoms with van der Waals surface area (Å²) in [4.78, 5) is 35.1. The molecule has 1 saturated heterocycles. The van der Waals surface area contributed by atoms with Gasteiger partial charge in [-0.1, -0.05) is 78.9 Å². The van der Waals surface area contributed by atoms with Crippen molar-refractivity contribution in [1.82, 2.24) is 14.8 Å². The summed E-state index contributed by atoms with van der Waals surface area (Å²) in [5.41, 5.74) is 5.86. The van der Waals surface area contributed by atoms with Crippen molar-refractivity contribution in [3.05, 3.63) is 107 Å². The number of nitrogens with one attached hydrogen (secondary N) is 1. The third kappa shape index (κ3) is 4.43. The van der Waals surface area contributed by atoms with Crippen LogP contribution in [0, 0.1) is 0 Å². The fourth-order valence-electron chi connectivity index (χ4n) is 6.20. The molecule has 3 atom stereocenters. The zero-order chi connectivity index (χ0) is 25.4. The van der Waals surface area contributed by atoms with Gasteiger partial charge in [-0.2, -0.15) is 0 Å². The second-order valence-corrected chi connectivity index (χ2v) is 10.5. The first-order valence-corrected chi connectivity index (χ1v) is 13.4. The van der Waals surface area contributed by atoms with Crippen LogP contribution in [0.25, 0.3) is 10.9 Å². The molecule has 188 valence electrons. The molecular weight excluding hydrogens is 458 g/mol. The summed E-state index contributed by atoms with van der Waals surface area (Å²) in [6.07, 6.45) is 3.92. The minimum absolute atomic E-state index is 0.00550. The lowest BCUT2D eigenvalue weighted by molar-refractivity contribution is -0.162. The molecule has 5 heteroatoms. The minimum atomic E-state index is -0.451. The highest BCUT2D eigenvalue weighted by atomic mass is 16.2. The van der Waals surface area contributed by atoms with Crippen molar-refractivity contribution in [1.29, 1.82) is 0 Å². The van der Waals surface area contributed by atoms with E-state index in [4.69, 9.17) is 0 Å². The van der Waals surface area contributed by atoms with Gasteiger partial charge < -0.3 is 14.8 Å². The van der Waals surface area contributed by atoms with E-state index in [-0.39, 0.29) is 30.4 Å². The van der Waals surface area contributed by atoms with Gasteiger partial charge in [0.1, 0.15) is 12.6 Å². The molecule has 3 heterocycles. The van der Waals surface area contributed by atoms with Crippen molar-refractivity contribution in [2.24, 2.45) is 0 Å². The van der Waals surface area contributed by atoms with Gasteiger partial charge >= 0.3 is 0 Å². The van der Waals surface area contributed by atoms with E-state index in [9.17, 15) is 9.59 Å². The molecule has 1 aromatic heterocycles. The number of carbonyl (C=O) groups excluding carboxylic acids is 2. The predicted molar refractivity (Wildman–Crippen MR) is 146 cm³/mol. The van der Waals surface area contributed by atoms with Crippen LogP contribution in [0.3, 0.4) is 0 Å². The molecule has 3 aromatic carbocycles. The number of hydrogen-bond donors (Lipinski definition) is 1. The van der Waals surface area contributed by atoms with Crippen molar-refractivity contribution in [2.45, 2.75) is 57.2 Å². The highest BCUT2D eigenvalue weighted by Gasteiger charge is 2.48. The normalized spacial score (nSPS) is 20.1. The van der Waals surface area contributed by atoms with E-state index < -0.39 is 6.04 Å². The zero-order valence-electron chi connectivity index (χ0n) is 21.3. The molecule has 37 heavy (non-hydrogen) atoms. The molecule has 2 unspecified atom stereocenters. The average Bonchev–Trinajstić information content (AvgIpc) is 3.31. The Hall–Kier alpha value is -3.86. The van der Waals surface area contributed by atoms with Crippen molar-refractivity contribution < 1.29 is 9.59 Å². The van der Waals surface area contributed by atoms with Crippen LogP contribution in [0.4, 0.5) is 0 Å². The zero-order valence-corrected chi connectivity index (χ0v) is 21.3. The van der Waals surface area contributed by atoms with Crippen LogP contribution in [-0.2, 0) is 28.9 Å². The van der Waals surface area contributed by atoms with Crippen LogP contribution < -0.4 is 0 Å². The first kappa shape index (κ1) is 23.5. The Bertz CT molecular complexity index is 1410. The topological polar surface area (TPSA) is 56.4 Å². The fraction of sp³-hybridized carbons (Fsp3) is 0.312. The molecule has 0 saturated carbocycles. The van der Waals surface area contributed by atoms with Crippen LogP contribution >= 0.6 is 0 Å². The summed E-state index contributed by atoms with van der Waals surface area (Å²) in [6.45, 7) is 2.24. The van der Waals surface area contributed by atoms with Gasteiger partial charge in [0.05, 0.1) is 6.04 Å². The Morgan fingerprint density at radius 3 is 2.24 bits per heavy atom. The second kappa shape index (κ2) is 9.89. The Balaban J connectivity index is 1.30. The van der Waals surface area contributed by atoms with E-state index in [1.54, 1.807) is 0 Å². The average molecular weight is 492 g/mol. The summed E-state index contributed by atoms with van der Waals surface area (Å²) < 4.78 is 0. The number of carbonyl (C=O) groups is 2. The first-order valence-electron chi connectivity index (χ1n) is 13.4. The number of fused-ring (bicyclic) bond motifs is 4. The maximum absolute atomic E-state index is 14.0. The van der Waals surface area contributed by atoms with Gasteiger partial charge in [-0.25, -0.2) is 0 Å². The number of aromatic nitrogens is 1. The molecule has 0 aliphatic carbocycles. The van der Waals surface area contributed by atoms with Crippen molar-refractivity contribution in [2.75, 3.05) is 6.54 Å². The van der Waals surface area contributed by atoms with Crippen LogP contribution in [0.2, 0.25) is 0 Å². The number of aromatic amines is 1. The molecule has 0 bridgehead atoms. The van der Waals surface area contributed by atoms with Crippen LogP contribution in [-0.4, -0.2) is 45.2 Å². The number of para-hydroxylation sites is 1. The van der Waals surface area contributed by atoms with Gasteiger partial charge in [-0.15, -0.1) is 0 Å². The molecule has 1 fully saturated rings. The number of hydrogen-bond acceptors (Lipinski definition) is 2. The van der Waals surface area contributed by atoms with E-state index in [1.165, 1.54) is 16.7 Å². The molecular formula is C32H33N3O2. The molecule has 2 aliphatic rings. The van der Waals surface area contributed by atoms with Crippen molar-refractivity contribution >= 4 is 22.7 Å². The van der Waals surface area contributed by atoms with Crippen LogP contribution in [0.1, 0.15) is 48.2 Å². The number of benzene rings is 3. The third-order valence-corrected chi connectivity index (χ3v) is 8.19. The van der Waals surface area contributed by atoms with Gasteiger partial charge in [0.25, 0.3) is 0 Å². The minimum Gasteiger partial charge on any atom is -0.356 e. The lowest BCUT2D eigenvalue weighted by atomic mass is 9.86. The molecule has 6 rings (SSSR count). The summed E-state index contributed by atoms with van der Waals surface area (Å²) in [6, 6.07) is 28.5.